The third kappa shape index (κ3) is 3.60. The molecule has 30 heavy (non-hydrogen) atoms. The largest absolute Gasteiger partial charge is 0.346 e. The van der Waals surface area contributed by atoms with Crippen molar-refractivity contribution in [3.8, 4) is 16.9 Å². The first kappa shape index (κ1) is 18.6. The molecule has 0 saturated carbocycles. The minimum absolute atomic E-state index is 0.210. The van der Waals surface area contributed by atoms with Crippen LogP contribution in [-0.2, 0) is 6.54 Å². The quantitative estimate of drug-likeness (QED) is 0.431. The van der Waals surface area contributed by atoms with E-state index in [1.165, 1.54) is 0 Å². The van der Waals surface area contributed by atoms with Crippen LogP contribution in [0.5, 0.6) is 0 Å². The van der Waals surface area contributed by atoms with Gasteiger partial charge in [-0.3, -0.25) is 9.20 Å². The van der Waals surface area contributed by atoms with Crippen molar-refractivity contribution >= 4 is 33.8 Å². The second-order valence-corrected chi connectivity index (χ2v) is 8.00. The maximum Gasteiger partial charge on any atom is 0.255 e. The molecule has 3 aromatic heterocycles. The Kier molecular flexibility index (Phi) is 4.82. The van der Waals surface area contributed by atoms with E-state index < -0.39 is 0 Å². The third-order valence-corrected chi connectivity index (χ3v) is 5.69. The molecule has 0 aliphatic rings. The maximum atomic E-state index is 13.1. The smallest absolute Gasteiger partial charge is 0.255 e. The number of amides is 1. The number of aromatic nitrogens is 4. The highest BCUT2D eigenvalue weighted by atomic mass is 35.5. The predicted molar refractivity (Wildman–Crippen MR) is 118 cm³/mol. The lowest BCUT2D eigenvalue weighted by Crippen LogP contribution is -2.23. The summed E-state index contributed by atoms with van der Waals surface area (Å²) in [6.45, 7) is 0.337. The summed E-state index contributed by atoms with van der Waals surface area (Å²) in [5, 5.41) is 10.2. The number of fused-ring (bicyclic) bond motifs is 1. The van der Waals surface area contributed by atoms with Gasteiger partial charge < -0.3 is 5.32 Å². The SMILES string of the molecule is O=C(NCc1cn2ccsc2n1)c1cn(-c2ccccc2)nc1-c1ccc(Cl)cc1. The summed E-state index contributed by atoms with van der Waals surface area (Å²) in [5.41, 5.74) is 3.59. The molecule has 5 aromatic rings. The lowest BCUT2D eigenvalue weighted by atomic mass is 10.1. The Morgan fingerprint density at radius 1 is 1.07 bits per heavy atom. The summed E-state index contributed by atoms with van der Waals surface area (Å²) < 4.78 is 3.66. The molecule has 0 aliphatic carbocycles. The zero-order chi connectivity index (χ0) is 20.5. The highest BCUT2D eigenvalue weighted by Crippen LogP contribution is 2.25. The zero-order valence-electron chi connectivity index (χ0n) is 15.7. The van der Waals surface area contributed by atoms with Gasteiger partial charge in [0, 0.05) is 34.6 Å². The van der Waals surface area contributed by atoms with Gasteiger partial charge in [0.05, 0.1) is 23.5 Å². The van der Waals surface area contributed by atoms with Gasteiger partial charge in [0.1, 0.15) is 5.69 Å². The molecule has 0 atom stereocenters. The Labute approximate surface area is 181 Å². The number of rotatable bonds is 5. The molecule has 2 aromatic carbocycles. The first-order chi connectivity index (χ1) is 14.7. The molecular weight excluding hydrogens is 418 g/mol. The average Bonchev–Trinajstić information content (AvgIpc) is 3.48. The molecule has 3 heterocycles. The predicted octanol–water partition coefficient (Wildman–Crippen LogP) is 4.83. The molecule has 6 nitrogen and oxygen atoms in total. The highest BCUT2D eigenvalue weighted by Gasteiger charge is 2.19. The van der Waals surface area contributed by atoms with Gasteiger partial charge in [0.25, 0.3) is 5.91 Å². The second-order valence-electron chi connectivity index (χ2n) is 6.69. The van der Waals surface area contributed by atoms with Crippen molar-refractivity contribution in [2.45, 2.75) is 6.54 Å². The highest BCUT2D eigenvalue weighted by molar-refractivity contribution is 7.15. The summed E-state index contributed by atoms with van der Waals surface area (Å²) in [6, 6.07) is 17.0. The number of hydrogen-bond acceptors (Lipinski definition) is 4. The Hall–Kier alpha value is -3.42. The fraction of sp³-hybridized carbons (Fsp3) is 0.0455. The minimum atomic E-state index is -0.210. The molecule has 0 radical (unpaired) electrons. The Morgan fingerprint density at radius 3 is 2.63 bits per heavy atom. The fourth-order valence-electron chi connectivity index (χ4n) is 3.20. The number of halogens is 1. The van der Waals surface area contributed by atoms with Gasteiger partial charge in [-0.05, 0) is 24.3 Å². The van der Waals surface area contributed by atoms with Crippen LogP contribution in [0.25, 0.3) is 21.9 Å². The number of para-hydroxylation sites is 1. The topological polar surface area (TPSA) is 64.2 Å². The van der Waals surface area contributed by atoms with E-state index in [0.29, 0.717) is 22.8 Å². The van der Waals surface area contributed by atoms with Crippen LogP contribution in [0.4, 0.5) is 0 Å². The Bertz CT molecular complexity index is 1290. The molecule has 0 unspecified atom stereocenters. The molecule has 0 saturated heterocycles. The molecular formula is C22H16ClN5OS. The van der Waals surface area contributed by atoms with E-state index >= 15 is 0 Å². The van der Waals surface area contributed by atoms with Crippen molar-refractivity contribution in [1.82, 2.24) is 24.5 Å². The van der Waals surface area contributed by atoms with E-state index in [-0.39, 0.29) is 5.91 Å². The number of hydrogen-bond donors (Lipinski definition) is 1. The van der Waals surface area contributed by atoms with Crippen LogP contribution < -0.4 is 5.32 Å². The van der Waals surface area contributed by atoms with E-state index in [1.807, 2.05) is 64.6 Å². The van der Waals surface area contributed by atoms with E-state index in [4.69, 9.17) is 11.6 Å². The normalized spacial score (nSPS) is 11.1. The van der Waals surface area contributed by atoms with Gasteiger partial charge in [-0.25, -0.2) is 9.67 Å². The van der Waals surface area contributed by atoms with Crippen molar-refractivity contribution in [3.05, 3.63) is 94.8 Å². The molecule has 8 heteroatoms. The monoisotopic (exact) mass is 433 g/mol. The number of nitrogens with zero attached hydrogens (tertiary/aromatic N) is 4. The summed E-state index contributed by atoms with van der Waals surface area (Å²) in [4.78, 5) is 18.5. The maximum absolute atomic E-state index is 13.1. The first-order valence-electron chi connectivity index (χ1n) is 9.28. The second kappa shape index (κ2) is 7.78. The van der Waals surface area contributed by atoms with Crippen LogP contribution in [0.15, 0.2) is 78.6 Å². The van der Waals surface area contributed by atoms with Crippen molar-refractivity contribution in [3.63, 3.8) is 0 Å². The van der Waals surface area contributed by atoms with Crippen LogP contribution in [0.1, 0.15) is 16.1 Å². The van der Waals surface area contributed by atoms with Crippen molar-refractivity contribution < 1.29 is 4.79 Å². The number of benzene rings is 2. The van der Waals surface area contributed by atoms with Gasteiger partial charge in [0.2, 0.25) is 0 Å². The minimum Gasteiger partial charge on any atom is -0.346 e. The summed E-state index contributed by atoms with van der Waals surface area (Å²) in [5.74, 6) is -0.210. The molecule has 0 bridgehead atoms. The Balaban J connectivity index is 1.46. The third-order valence-electron chi connectivity index (χ3n) is 4.67. The van der Waals surface area contributed by atoms with E-state index in [0.717, 1.165) is 21.9 Å². The van der Waals surface area contributed by atoms with E-state index in [1.54, 1.807) is 34.3 Å². The number of carbonyl (C=O) groups is 1. The van der Waals surface area contributed by atoms with Crippen LogP contribution in [0.3, 0.4) is 0 Å². The molecule has 0 fully saturated rings. The van der Waals surface area contributed by atoms with Crippen molar-refractivity contribution in [2.24, 2.45) is 0 Å². The lowest BCUT2D eigenvalue weighted by molar-refractivity contribution is 0.0951. The van der Waals surface area contributed by atoms with Crippen LogP contribution in [0, 0.1) is 0 Å². The number of carbonyl (C=O) groups excluding carboxylic acids is 1. The molecule has 148 valence electrons. The zero-order valence-corrected chi connectivity index (χ0v) is 17.3. The molecule has 0 spiro atoms. The molecule has 1 N–H and O–H groups in total. The standard InChI is InChI=1S/C22H16ClN5OS/c23-16-8-6-15(7-9-16)20-19(14-28(26-20)18-4-2-1-3-5-18)21(29)24-12-17-13-27-10-11-30-22(27)25-17/h1-11,13-14H,12H2,(H,24,29). The number of nitrogens with one attached hydrogen (secondary N) is 1. The average molecular weight is 434 g/mol. The van der Waals surface area contributed by atoms with Gasteiger partial charge in [-0.15, -0.1) is 11.3 Å². The van der Waals surface area contributed by atoms with Gasteiger partial charge >= 0.3 is 0 Å². The van der Waals surface area contributed by atoms with Gasteiger partial charge in [0.15, 0.2) is 4.96 Å². The molecule has 0 aliphatic heterocycles. The number of imidazole rings is 1. The van der Waals surface area contributed by atoms with E-state index in [9.17, 15) is 4.79 Å². The van der Waals surface area contributed by atoms with Crippen LogP contribution in [-0.4, -0.2) is 25.1 Å². The van der Waals surface area contributed by atoms with Crippen LogP contribution in [0.2, 0.25) is 5.02 Å². The van der Waals surface area contributed by atoms with Crippen molar-refractivity contribution in [2.75, 3.05) is 0 Å². The Morgan fingerprint density at radius 2 is 1.87 bits per heavy atom. The summed E-state index contributed by atoms with van der Waals surface area (Å²) >= 11 is 7.59. The van der Waals surface area contributed by atoms with E-state index in [2.05, 4.69) is 15.4 Å². The van der Waals surface area contributed by atoms with Gasteiger partial charge in [-0.1, -0.05) is 41.9 Å². The van der Waals surface area contributed by atoms with Gasteiger partial charge in [-0.2, -0.15) is 5.10 Å². The van der Waals surface area contributed by atoms with Crippen LogP contribution >= 0.6 is 22.9 Å². The summed E-state index contributed by atoms with van der Waals surface area (Å²) in [6.07, 6.45) is 5.61. The fourth-order valence-corrected chi connectivity index (χ4v) is 4.05. The first-order valence-corrected chi connectivity index (χ1v) is 10.5. The van der Waals surface area contributed by atoms with Crippen molar-refractivity contribution in [1.29, 1.82) is 0 Å². The number of thiazole rings is 1. The lowest BCUT2D eigenvalue weighted by Gasteiger charge is -2.04. The molecule has 5 rings (SSSR count). The summed E-state index contributed by atoms with van der Waals surface area (Å²) in [7, 11) is 0. The molecule has 1 amide bonds.